The molecule has 65 heavy (non-hydrogen) atoms. The summed E-state index contributed by atoms with van der Waals surface area (Å²) in [5, 5.41) is 0. The van der Waals surface area contributed by atoms with Gasteiger partial charge in [0.1, 0.15) is 0 Å². The SMILES string of the molecule is CC(C)(C)c1ccc2c3cc(c-2cc1)Cc1cc(c2ccc(C(C)(C)C)ccc1-2)Cc1cc(c2ccc(C(C)(C)C)ccc1-2)CC1=C/C(=C\3)c2ccc(C(C)(C)C)[cH+]cc21.F[B-](F)(F)F. The summed E-state index contributed by atoms with van der Waals surface area (Å²) in [6, 6.07) is 45.9. The standard InChI is InChI=1S/C60H63.BF4/c1-57(2,3)45-13-21-49-37-29-38(50(49)22-14-45)34-40-31-42(54-26-18-47(59(7,8)9)16-24-52(40)54)36-44-32-43(55-27-19-48(60(10,11)12)20-28-56(44)55)35-41-30-39(33-37)51-23-15-46(58(4,5)6)17-25-53(41)51;2-1(3,4)5/h13-33H,34-36H2,1-12H3;/q+1;-1/b37-33+;. The van der Waals surface area contributed by atoms with E-state index < -0.39 is 7.25 Å². The Bertz CT molecular complexity index is 2910. The van der Waals surface area contributed by atoms with Crippen LogP contribution in [0.3, 0.4) is 0 Å². The van der Waals surface area contributed by atoms with Crippen LogP contribution in [-0.2, 0) is 40.9 Å². The lowest BCUT2D eigenvalue weighted by Crippen LogP contribution is -2.09. The van der Waals surface area contributed by atoms with Crippen LogP contribution in [0, 0.1) is 0 Å². The van der Waals surface area contributed by atoms with Crippen molar-refractivity contribution >= 4 is 24.5 Å². The second kappa shape index (κ2) is 16.4. The molecule has 8 bridgehead atoms. The fraction of sp³-hybridized carbons (Fsp3) is 0.317. The van der Waals surface area contributed by atoms with Crippen LogP contribution < -0.4 is 0 Å². The van der Waals surface area contributed by atoms with Crippen LogP contribution in [0.2, 0.25) is 0 Å². The Morgan fingerprint density at radius 1 is 0.385 bits per heavy atom. The zero-order valence-corrected chi connectivity index (χ0v) is 40.3. The van der Waals surface area contributed by atoms with E-state index in [4.69, 9.17) is 0 Å². The molecule has 1 aromatic rings. The molecule has 5 heteroatoms. The van der Waals surface area contributed by atoms with Crippen molar-refractivity contribution in [3.05, 3.63) is 188 Å². The molecule has 0 fully saturated rings. The Balaban J connectivity index is 0.00000109. The van der Waals surface area contributed by atoms with E-state index in [0.29, 0.717) is 0 Å². The van der Waals surface area contributed by atoms with Crippen LogP contribution in [0.25, 0.3) is 50.6 Å². The Morgan fingerprint density at radius 3 is 1.14 bits per heavy atom. The van der Waals surface area contributed by atoms with Crippen molar-refractivity contribution in [1.29, 1.82) is 0 Å². The molecule has 0 radical (unpaired) electrons. The van der Waals surface area contributed by atoms with Crippen molar-refractivity contribution in [1.82, 2.24) is 0 Å². The first-order valence-corrected chi connectivity index (χ1v) is 23.2. The summed E-state index contributed by atoms with van der Waals surface area (Å²) in [6.07, 6.45) is 7.63. The Labute approximate surface area is 385 Å². The average molecular weight is 871 g/mol. The molecule has 0 N–H and O–H groups in total. The highest BCUT2D eigenvalue weighted by Gasteiger charge is 2.30. The molecule has 0 saturated heterocycles. The van der Waals surface area contributed by atoms with Crippen LogP contribution >= 0.6 is 0 Å². The molecular formula is C60H63BF4. The van der Waals surface area contributed by atoms with Gasteiger partial charge in [-0.2, -0.15) is 0 Å². The quantitative estimate of drug-likeness (QED) is 0.0809. The molecule has 8 aliphatic carbocycles. The molecule has 0 saturated carbocycles. The topological polar surface area (TPSA) is 0 Å². The highest BCUT2D eigenvalue weighted by Crippen LogP contribution is 2.46. The van der Waals surface area contributed by atoms with Crippen LogP contribution in [0.5, 0.6) is 0 Å². The molecule has 334 valence electrons. The molecule has 0 aliphatic heterocycles. The Kier molecular flexibility index (Phi) is 11.6. The van der Waals surface area contributed by atoms with E-state index in [2.05, 4.69) is 210 Å². The fourth-order valence-corrected chi connectivity index (χ4v) is 9.83. The van der Waals surface area contributed by atoms with E-state index >= 15 is 0 Å². The zero-order valence-electron chi connectivity index (χ0n) is 40.3. The summed E-state index contributed by atoms with van der Waals surface area (Å²) in [4.78, 5) is 0. The third-order valence-electron chi connectivity index (χ3n) is 13.6. The lowest BCUT2D eigenvalue weighted by Gasteiger charge is -2.17. The molecule has 0 atom stereocenters. The van der Waals surface area contributed by atoms with E-state index in [0.717, 1.165) is 19.3 Å². The first-order valence-electron chi connectivity index (χ1n) is 23.2. The maximum atomic E-state index is 9.75. The molecule has 0 amide bonds. The van der Waals surface area contributed by atoms with E-state index in [1.54, 1.807) is 0 Å². The molecule has 0 heterocycles. The van der Waals surface area contributed by atoms with Gasteiger partial charge in [0.2, 0.25) is 0 Å². The maximum Gasteiger partial charge on any atom is 0.673 e. The monoisotopic (exact) mass is 870 g/mol. The first-order chi connectivity index (χ1) is 30.2. The average Bonchev–Trinajstić information content (AvgIpc) is 3.56. The predicted molar refractivity (Wildman–Crippen MR) is 270 cm³/mol. The van der Waals surface area contributed by atoms with E-state index in [1.165, 1.54) is 111 Å². The van der Waals surface area contributed by atoms with Gasteiger partial charge >= 0.3 is 7.25 Å². The van der Waals surface area contributed by atoms with Crippen molar-refractivity contribution in [3.8, 4) is 33.4 Å². The lowest BCUT2D eigenvalue weighted by atomic mass is 9.88. The normalized spacial score (nSPS) is 15.3. The Hall–Kier alpha value is -5.55. The molecule has 0 nitrogen and oxygen atoms in total. The van der Waals surface area contributed by atoms with Crippen molar-refractivity contribution < 1.29 is 17.3 Å². The molecule has 0 unspecified atom stereocenters. The van der Waals surface area contributed by atoms with Crippen molar-refractivity contribution in [2.45, 2.75) is 124 Å². The summed E-state index contributed by atoms with van der Waals surface area (Å²) in [5.41, 5.74) is 27.5. The van der Waals surface area contributed by atoms with E-state index in [9.17, 15) is 17.3 Å². The summed E-state index contributed by atoms with van der Waals surface area (Å²) in [5.74, 6) is 0. The number of allylic oxidation sites excluding steroid dienone is 3. The summed E-state index contributed by atoms with van der Waals surface area (Å²) >= 11 is 0. The van der Waals surface area contributed by atoms with Gasteiger partial charge < -0.3 is 17.3 Å². The molecule has 0 aromatic heterocycles. The number of rotatable bonds is 0. The van der Waals surface area contributed by atoms with Crippen LogP contribution in [-0.4, -0.2) is 7.25 Å². The molecule has 8 aliphatic rings. The Morgan fingerprint density at radius 2 is 0.738 bits per heavy atom. The molecule has 9 rings (SSSR count). The third kappa shape index (κ3) is 9.72. The van der Waals surface area contributed by atoms with E-state index in [1.807, 2.05) is 0 Å². The second-order valence-electron chi connectivity index (χ2n) is 22.6. The number of hydrogen-bond acceptors (Lipinski definition) is 0. The van der Waals surface area contributed by atoms with Gasteiger partial charge in [0, 0.05) is 35.6 Å². The molecular weight excluding hydrogens is 807 g/mol. The van der Waals surface area contributed by atoms with Crippen LogP contribution in [0.4, 0.5) is 17.3 Å². The maximum absolute atomic E-state index is 9.75. The van der Waals surface area contributed by atoms with Crippen molar-refractivity contribution in [2.24, 2.45) is 0 Å². The molecule has 0 spiro atoms. The minimum Gasteiger partial charge on any atom is -0.418 e. The number of hydrogen-bond donors (Lipinski definition) is 0. The van der Waals surface area contributed by atoms with Crippen molar-refractivity contribution in [3.63, 3.8) is 0 Å². The predicted octanol–water partition coefficient (Wildman–Crippen LogP) is 17.4. The minimum atomic E-state index is -6.00. The highest BCUT2D eigenvalue weighted by atomic mass is 19.5. The molecule has 1 aromatic carbocycles. The number of halogens is 4. The third-order valence-corrected chi connectivity index (χ3v) is 13.6. The van der Waals surface area contributed by atoms with E-state index in [-0.39, 0.29) is 21.7 Å². The highest BCUT2D eigenvalue weighted by molar-refractivity contribution is 6.50. The van der Waals surface area contributed by atoms with Gasteiger partial charge in [-0.15, -0.1) is 0 Å². The zero-order chi connectivity index (χ0) is 47.0. The second-order valence-corrected chi connectivity index (χ2v) is 22.6. The van der Waals surface area contributed by atoms with Gasteiger partial charge in [-0.3, -0.25) is 0 Å². The summed E-state index contributed by atoms with van der Waals surface area (Å²) in [6.45, 7) is 27.9. The van der Waals surface area contributed by atoms with Crippen LogP contribution in [0.15, 0.2) is 121 Å². The summed E-state index contributed by atoms with van der Waals surface area (Å²) in [7, 11) is -6.00. The van der Waals surface area contributed by atoms with Crippen LogP contribution in [0.1, 0.15) is 150 Å². The minimum absolute atomic E-state index is 0.0511. The van der Waals surface area contributed by atoms with Gasteiger partial charge in [0.15, 0.2) is 0 Å². The first kappa shape index (κ1) is 46.0. The lowest BCUT2D eigenvalue weighted by molar-refractivity contribution is 0.368. The van der Waals surface area contributed by atoms with Gasteiger partial charge in [-0.25, -0.2) is 0 Å². The van der Waals surface area contributed by atoms with Crippen molar-refractivity contribution in [2.75, 3.05) is 0 Å². The van der Waals surface area contributed by atoms with Gasteiger partial charge in [0.25, 0.3) is 0 Å². The van der Waals surface area contributed by atoms with Gasteiger partial charge in [0.05, 0.1) is 22.8 Å². The fourth-order valence-electron chi connectivity index (χ4n) is 9.83. The largest absolute Gasteiger partial charge is 0.673 e. The summed E-state index contributed by atoms with van der Waals surface area (Å²) < 4.78 is 39.0. The van der Waals surface area contributed by atoms with Gasteiger partial charge in [-0.05, 0) is 130 Å². The smallest absolute Gasteiger partial charge is 0.418 e. The number of fused-ring (bicyclic) bond motifs is 19. The van der Waals surface area contributed by atoms with Gasteiger partial charge in [-0.1, -0.05) is 174 Å².